The number of aromatic nitrogens is 4. The van der Waals surface area contributed by atoms with E-state index in [0.717, 1.165) is 29.5 Å². The van der Waals surface area contributed by atoms with E-state index in [1.165, 1.54) is 6.33 Å². The molecule has 2 aromatic heterocycles. The summed E-state index contributed by atoms with van der Waals surface area (Å²) in [5, 5.41) is 18.1. The van der Waals surface area contributed by atoms with Gasteiger partial charge in [0.25, 0.3) is 0 Å². The van der Waals surface area contributed by atoms with Gasteiger partial charge in [0, 0.05) is 37.4 Å². The maximum atomic E-state index is 13.1. The van der Waals surface area contributed by atoms with Crippen LogP contribution in [-0.4, -0.2) is 55.7 Å². The number of hydrogen-bond donors (Lipinski definition) is 2. The Morgan fingerprint density at radius 2 is 1.84 bits per heavy atom. The third kappa shape index (κ3) is 3.69. The lowest BCUT2D eigenvalue weighted by molar-refractivity contribution is -0.266. The van der Waals surface area contributed by atoms with E-state index in [1.54, 1.807) is 11.0 Å². The van der Waals surface area contributed by atoms with Crippen LogP contribution in [0.15, 0.2) is 30.6 Å². The highest BCUT2D eigenvalue weighted by molar-refractivity contribution is 5.93. The van der Waals surface area contributed by atoms with Crippen LogP contribution in [0.25, 0.3) is 22.3 Å². The summed E-state index contributed by atoms with van der Waals surface area (Å²) in [7, 11) is 0. The molecule has 1 aliphatic carbocycles. The number of benzene rings is 1. The summed E-state index contributed by atoms with van der Waals surface area (Å²) in [4.78, 5) is 10.3. The van der Waals surface area contributed by atoms with Gasteiger partial charge in [-0.25, -0.2) is 9.97 Å². The van der Waals surface area contributed by atoms with Crippen LogP contribution >= 0.6 is 0 Å². The zero-order chi connectivity index (χ0) is 21.9. The first-order valence-electron chi connectivity index (χ1n) is 10.2. The fraction of sp³-hybridized carbons (Fsp3) is 0.476. The number of hydrogen-bond acceptors (Lipinski definition) is 6. The molecular weight excluding hydrogens is 411 g/mol. The molecular formula is C21H22F3N5O2. The topological polar surface area (TPSA) is 87.2 Å². The summed E-state index contributed by atoms with van der Waals surface area (Å²) in [5.41, 5.74) is -0.744. The zero-order valence-corrected chi connectivity index (χ0v) is 16.9. The molecule has 1 aromatic carbocycles. The molecule has 5 rings (SSSR count). The number of nitrogens with zero attached hydrogens (tertiary/aromatic N) is 4. The first-order chi connectivity index (χ1) is 14.7. The lowest BCUT2D eigenvalue weighted by atomic mass is 9.91. The van der Waals surface area contributed by atoms with Crippen molar-refractivity contribution in [2.24, 2.45) is 0 Å². The quantitative estimate of drug-likeness (QED) is 0.650. The van der Waals surface area contributed by atoms with Crippen LogP contribution in [-0.2, 0) is 0 Å². The van der Waals surface area contributed by atoms with E-state index in [2.05, 4.69) is 27.1 Å². The zero-order valence-electron chi connectivity index (χ0n) is 16.9. The summed E-state index contributed by atoms with van der Waals surface area (Å²) < 4.78 is 45.3. The van der Waals surface area contributed by atoms with Crippen molar-refractivity contribution < 1.29 is 23.0 Å². The van der Waals surface area contributed by atoms with Gasteiger partial charge in [0.05, 0.1) is 11.2 Å². The Hall–Kier alpha value is -2.88. The molecule has 0 bridgehead atoms. The predicted octanol–water partition coefficient (Wildman–Crippen LogP) is 3.84. The van der Waals surface area contributed by atoms with E-state index >= 15 is 0 Å². The van der Waals surface area contributed by atoms with Gasteiger partial charge in [-0.05, 0) is 38.0 Å². The second kappa shape index (κ2) is 6.81. The highest BCUT2D eigenvalue weighted by atomic mass is 19.4. The molecule has 1 aliphatic heterocycles. The summed E-state index contributed by atoms with van der Waals surface area (Å²) in [6.07, 6.45) is -2.01. The maximum Gasteiger partial charge on any atom is 0.417 e. The molecule has 0 atom stereocenters. The highest BCUT2D eigenvalue weighted by Crippen LogP contribution is 2.41. The molecule has 2 fully saturated rings. The number of alkyl halides is 3. The number of ether oxygens (including phenoxy) is 1. The van der Waals surface area contributed by atoms with Crippen molar-refractivity contribution >= 4 is 16.7 Å². The molecule has 2 aliphatic rings. The number of aromatic amines is 1. The number of aliphatic hydroxyl groups is 1. The van der Waals surface area contributed by atoms with Gasteiger partial charge in [0.2, 0.25) is 0 Å². The fourth-order valence-electron chi connectivity index (χ4n) is 3.85. The van der Waals surface area contributed by atoms with Gasteiger partial charge in [-0.15, -0.1) is 0 Å². The smallest absolute Gasteiger partial charge is 0.417 e. The molecule has 1 saturated heterocycles. The summed E-state index contributed by atoms with van der Waals surface area (Å²) in [5.74, 6) is 1.26. The Balaban J connectivity index is 1.40. The maximum absolute atomic E-state index is 13.1. The Morgan fingerprint density at radius 1 is 1.10 bits per heavy atom. The number of piperidine rings is 1. The van der Waals surface area contributed by atoms with Crippen LogP contribution in [0.5, 0.6) is 5.75 Å². The SMILES string of the molecule is CC1(Oc2ccc3[nH]nc(-c4cc(N5CCC(O)(C(F)(F)F)CC5)ncn4)c3c2)CC1. The molecule has 3 aromatic rings. The largest absolute Gasteiger partial charge is 0.488 e. The minimum Gasteiger partial charge on any atom is -0.488 e. The summed E-state index contributed by atoms with van der Waals surface area (Å²) in [6, 6.07) is 7.43. The molecule has 10 heteroatoms. The van der Waals surface area contributed by atoms with E-state index < -0.39 is 24.6 Å². The van der Waals surface area contributed by atoms with Crippen LogP contribution in [0, 0.1) is 0 Å². The Morgan fingerprint density at radius 3 is 2.52 bits per heavy atom. The van der Waals surface area contributed by atoms with Crippen molar-refractivity contribution in [2.45, 2.75) is 50.0 Å². The number of H-pyrrole nitrogens is 1. The van der Waals surface area contributed by atoms with Crippen LogP contribution in [0.2, 0.25) is 0 Å². The van der Waals surface area contributed by atoms with Crippen molar-refractivity contribution in [3.8, 4) is 17.1 Å². The van der Waals surface area contributed by atoms with Gasteiger partial charge < -0.3 is 14.7 Å². The molecule has 164 valence electrons. The van der Waals surface area contributed by atoms with Gasteiger partial charge >= 0.3 is 6.18 Å². The Labute approximate surface area is 176 Å². The Bertz CT molecular complexity index is 1120. The molecule has 31 heavy (non-hydrogen) atoms. The number of fused-ring (bicyclic) bond motifs is 1. The van der Waals surface area contributed by atoms with Gasteiger partial charge in [0.15, 0.2) is 5.60 Å². The van der Waals surface area contributed by atoms with Gasteiger partial charge in [0.1, 0.15) is 29.2 Å². The second-order valence-corrected chi connectivity index (χ2v) is 8.61. The standard InChI is InChI=1S/C21H22F3N5O2/c1-19(4-5-19)31-13-2-3-15-14(10-13)18(28-27-15)16-11-17(26-12-25-16)29-8-6-20(30,7-9-29)21(22,23)24/h2-3,10-12,30H,4-9H2,1H3,(H,27,28). The average molecular weight is 433 g/mol. The van der Waals surface area contributed by atoms with E-state index in [0.29, 0.717) is 17.2 Å². The first-order valence-corrected chi connectivity index (χ1v) is 10.2. The van der Waals surface area contributed by atoms with E-state index in [-0.39, 0.29) is 18.7 Å². The molecule has 1 saturated carbocycles. The minimum atomic E-state index is -4.64. The van der Waals surface area contributed by atoms with E-state index in [9.17, 15) is 18.3 Å². The van der Waals surface area contributed by atoms with Crippen molar-refractivity contribution in [3.63, 3.8) is 0 Å². The van der Waals surface area contributed by atoms with Gasteiger partial charge in [-0.1, -0.05) is 0 Å². The van der Waals surface area contributed by atoms with Crippen molar-refractivity contribution in [1.29, 1.82) is 0 Å². The molecule has 0 unspecified atom stereocenters. The van der Waals surface area contributed by atoms with Crippen molar-refractivity contribution in [3.05, 3.63) is 30.6 Å². The third-order valence-electron chi connectivity index (χ3n) is 6.19. The second-order valence-electron chi connectivity index (χ2n) is 8.61. The van der Waals surface area contributed by atoms with Crippen molar-refractivity contribution in [2.75, 3.05) is 18.0 Å². The number of anilines is 1. The third-order valence-corrected chi connectivity index (χ3v) is 6.19. The van der Waals surface area contributed by atoms with Gasteiger partial charge in [-0.3, -0.25) is 5.10 Å². The Kier molecular flexibility index (Phi) is 4.40. The van der Waals surface area contributed by atoms with E-state index in [4.69, 9.17) is 4.74 Å². The van der Waals surface area contributed by atoms with Crippen LogP contribution in [0.3, 0.4) is 0 Å². The highest BCUT2D eigenvalue weighted by Gasteiger charge is 2.54. The minimum absolute atomic E-state index is 0.0460. The van der Waals surface area contributed by atoms with Crippen molar-refractivity contribution in [1.82, 2.24) is 20.2 Å². The van der Waals surface area contributed by atoms with Crippen LogP contribution in [0.1, 0.15) is 32.6 Å². The van der Waals surface area contributed by atoms with Crippen LogP contribution in [0.4, 0.5) is 19.0 Å². The fourth-order valence-corrected chi connectivity index (χ4v) is 3.85. The first kappa shape index (κ1) is 20.0. The molecule has 0 radical (unpaired) electrons. The normalized spacial score (nSPS) is 20.1. The molecule has 7 nitrogen and oxygen atoms in total. The molecule has 0 amide bonds. The lowest BCUT2D eigenvalue weighted by Crippen LogP contribution is -2.53. The number of halogens is 3. The lowest BCUT2D eigenvalue weighted by Gasteiger charge is -2.39. The van der Waals surface area contributed by atoms with Crippen LogP contribution < -0.4 is 9.64 Å². The summed E-state index contributed by atoms with van der Waals surface area (Å²) >= 11 is 0. The average Bonchev–Trinajstić information content (AvgIpc) is 3.30. The number of nitrogens with one attached hydrogen (secondary N) is 1. The van der Waals surface area contributed by atoms with E-state index in [1.807, 2.05) is 18.2 Å². The monoisotopic (exact) mass is 433 g/mol. The number of rotatable bonds is 4. The molecule has 2 N–H and O–H groups in total. The van der Waals surface area contributed by atoms with Gasteiger partial charge in [-0.2, -0.15) is 18.3 Å². The summed E-state index contributed by atoms with van der Waals surface area (Å²) in [6.45, 7) is 2.16. The molecule has 3 heterocycles. The molecule has 0 spiro atoms. The predicted molar refractivity (Wildman–Crippen MR) is 108 cm³/mol.